The summed E-state index contributed by atoms with van der Waals surface area (Å²) in [4.78, 5) is 36.9. The van der Waals surface area contributed by atoms with Crippen LogP contribution in [0.5, 0.6) is 0 Å². The van der Waals surface area contributed by atoms with Crippen LogP contribution in [-0.2, 0) is 11.3 Å². The number of nitrogens with zero attached hydrogens (tertiary/aromatic N) is 2. The Morgan fingerprint density at radius 1 is 0.931 bits per heavy atom. The van der Waals surface area contributed by atoms with E-state index < -0.39 is 17.4 Å². The van der Waals surface area contributed by atoms with Crippen LogP contribution >= 0.6 is 0 Å². The molecule has 0 atom stereocenters. The molecule has 0 unspecified atom stereocenters. The van der Waals surface area contributed by atoms with Gasteiger partial charge in [0.2, 0.25) is 5.91 Å². The number of nitrogens with one attached hydrogen (secondary N) is 2. The molecule has 7 heteroatoms. The molecule has 0 spiro atoms. The molecule has 0 radical (unpaired) electrons. The molecule has 29 heavy (non-hydrogen) atoms. The number of hydrogen-bond donors (Lipinski definition) is 2. The summed E-state index contributed by atoms with van der Waals surface area (Å²) in [6, 6.07) is 15.5. The minimum atomic E-state index is -0.465. The maximum atomic E-state index is 12.4. The molecule has 148 valence electrons. The Bertz CT molecular complexity index is 1120. The van der Waals surface area contributed by atoms with Gasteiger partial charge in [0.15, 0.2) is 0 Å². The van der Waals surface area contributed by atoms with E-state index in [9.17, 15) is 14.4 Å². The molecule has 2 N–H and O–H groups in total. The highest BCUT2D eigenvalue weighted by molar-refractivity contribution is 6.02. The maximum absolute atomic E-state index is 12.4. The fraction of sp³-hybridized carbons (Fsp3) is 0.182. The predicted octanol–water partition coefficient (Wildman–Crippen LogP) is 3.06. The largest absolute Gasteiger partial charge is 0.324 e. The zero-order valence-electron chi connectivity index (χ0n) is 16.5. The van der Waals surface area contributed by atoms with Crippen molar-refractivity contribution in [2.75, 3.05) is 10.6 Å². The van der Waals surface area contributed by atoms with Crippen LogP contribution in [0.25, 0.3) is 0 Å². The Hall–Kier alpha value is -3.74. The number of hydrogen-bond acceptors (Lipinski definition) is 4. The normalized spacial score (nSPS) is 10.4. The van der Waals surface area contributed by atoms with Crippen molar-refractivity contribution in [2.24, 2.45) is 0 Å². The van der Waals surface area contributed by atoms with Gasteiger partial charge in [0.05, 0.1) is 0 Å². The lowest BCUT2D eigenvalue weighted by Gasteiger charge is -2.11. The molecular weight excluding hydrogens is 368 g/mol. The molecule has 0 aliphatic rings. The van der Waals surface area contributed by atoms with Crippen molar-refractivity contribution in [1.29, 1.82) is 0 Å². The Kier molecular flexibility index (Phi) is 5.87. The van der Waals surface area contributed by atoms with E-state index in [-0.39, 0.29) is 12.2 Å². The molecule has 0 saturated carbocycles. The second-order valence-electron chi connectivity index (χ2n) is 6.83. The Morgan fingerprint density at radius 3 is 2.38 bits per heavy atom. The first-order valence-corrected chi connectivity index (χ1v) is 9.16. The van der Waals surface area contributed by atoms with Gasteiger partial charge >= 0.3 is 0 Å². The molecule has 2 amide bonds. The van der Waals surface area contributed by atoms with E-state index in [0.717, 1.165) is 21.4 Å². The number of carbonyl (C=O) groups is 2. The van der Waals surface area contributed by atoms with Gasteiger partial charge in [-0.1, -0.05) is 29.8 Å². The summed E-state index contributed by atoms with van der Waals surface area (Å²) in [6.45, 7) is 5.52. The second-order valence-corrected chi connectivity index (χ2v) is 6.83. The lowest BCUT2D eigenvalue weighted by Crippen LogP contribution is -2.31. The standard InChI is InChI=1S/C22H22N4O3/c1-14-7-9-17(10-8-14)23-22(29)19-11-12-21(28)26(25-19)13-20(27)24-18-6-4-5-15(2)16(18)3/h4-12H,13H2,1-3H3,(H,23,29)(H,24,27). The number of carbonyl (C=O) groups excluding carboxylic acids is 2. The van der Waals surface area contributed by atoms with Crippen LogP contribution in [0, 0.1) is 20.8 Å². The minimum absolute atomic E-state index is 0.0460. The van der Waals surface area contributed by atoms with Crippen molar-refractivity contribution in [2.45, 2.75) is 27.3 Å². The van der Waals surface area contributed by atoms with E-state index in [1.54, 1.807) is 18.2 Å². The molecule has 0 saturated heterocycles. The second kappa shape index (κ2) is 8.52. The number of rotatable bonds is 5. The molecule has 1 heterocycles. The van der Waals surface area contributed by atoms with Gasteiger partial charge < -0.3 is 10.6 Å². The van der Waals surface area contributed by atoms with E-state index in [2.05, 4.69) is 15.7 Å². The highest BCUT2D eigenvalue weighted by atomic mass is 16.2. The van der Waals surface area contributed by atoms with Crippen LogP contribution in [0.1, 0.15) is 27.2 Å². The Morgan fingerprint density at radius 2 is 1.66 bits per heavy atom. The average molecular weight is 390 g/mol. The quantitative estimate of drug-likeness (QED) is 0.700. The third-order valence-corrected chi connectivity index (χ3v) is 4.58. The summed E-state index contributed by atoms with van der Waals surface area (Å²) in [5.41, 5.74) is 3.95. The fourth-order valence-corrected chi connectivity index (χ4v) is 2.73. The molecule has 3 aromatic rings. The van der Waals surface area contributed by atoms with Gasteiger partial charge in [-0.2, -0.15) is 5.10 Å². The van der Waals surface area contributed by atoms with Crippen molar-refractivity contribution in [3.8, 4) is 0 Å². The summed E-state index contributed by atoms with van der Waals surface area (Å²) >= 11 is 0. The molecule has 0 fully saturated rings. The number of benzene rings is 2. The smallest absolute Gasteiger partial charge is 0.276 e. The summed E-state index contributed by atoms with van der Waals surface area (Å²) in [6.07, 6.45) is 0. The van der Waals surface area contributed by atoms with Gasteiger partial charge in [-0.05, 0) is 56.2 Å². The van der Waals surface area contributed by atoms with Crippen molar-refractivity contribution in [1.82, 2.24) is 9.78 Å². The summed E-state index contributed by atoms with van der Waals surface area (Å²) in [5, 5.41) is 9.54. The van der Waals surface area contributed by atoms with Crippen LogP contribution in [-0.4, -0.2) is 21.6 Å². The van der Waals surface area contributed by atoms with Crippen molar-refractivity contribution in [3.05, 3.63) is 87.3 Å². The van der Waals surface area contributed by atoms with Crippen molar-refractivity contribution < 1.29 is 9.59 Å². The topological polar surface area (TPSA) is 93.1 Å². The van der Waals surface area contributed by atoms with Crippen LogP contribution in [0.2, 0.25) is 0 Å². The van der Waals surface area contributed by atoms with Crippen LogP contribution in [0.3, 0.4) is 0 Å². The van der Waals surface area contributed by atoms with Crippen LogP contribution in [0.4, 0.5) is 11.4 Å². The first-order valence-electron chi connectivity index (χ1n) is 9.16. The monoisotopic (exact) mass is 390 g/mol. The number of amides is 2. The Balaban J connectivity index is 1.73. The summed E-state index contributed by atoms with van der Waals surface area (Å²) < 4.78 is 0.977. The zero-order valence-corrected chi connectivity index (χ0v) is 16.5. The molecule has 0 bridgehead atoms. The zero-order chi connectivity index (χ0) is 21.0. The first-order chi connectivity index (χ1) is 13.8. The highest BCUT2D eigenvalue weighted by Gasteiger charge is 2.13. The van der Waals surface area contributed by atoms with E-state index in [0.29, 0.717) is 11.4 Å². The minimum Gasteiger partial charge on any atom is -0.324 e. The van der Waals surface area contributed by atoms with Gasteiger partial charge in [-0.15, -0.1) is 0 Å². The highest BCUT2D eigenvalue weighted by Crippen LogP contribution is 2.17. The maximum Gasteiger partial charge on any atom is 0.276 e. The third kappa shape index (κ3) is 4.95. The van der Waals surface area contributed by atoms with Gasteiger partial charge in [-0.25, -0.2) is 4.68 Å². The lowest BCUT2D eigenvalue weighted by atomic mass is 10.1. The first kappa shape index (κ1) is 20.0. The predicted molar refractivity (Wildman–Crippen MR) is 112 cm³/mol. The third-order valence-electron chi connectivity index (χ3n) is 4.58. The number of anilines is 2. The van der Waals surface area contributed by atoms with Gasteiger partial charge in [0.1, 0.15) is 12.2 Å². The van der Waals surface area contributed by atoms with E-state index >= 15 is 0 Å². The SMILES string of the molecule is Cc1ccc(NC(=O)c2ccc(=O)n(CC(=O)Nc3cccc(C)c3C)n2)cc1. The van der Waals surface area contributed by atoms with E-state index in [1.165, 1.54) is 12.1 Å². The van der Waals surface area contributed by atoms with E-state index in [4.69, 9.17) is 0 Å². The molecule has 3 rings (SSSR count). The molecular formula is C22H22N4O3. The van der Waals surface area contributed by atoms with Gasteiger partial charge in [0, 0.05) is 17.4 Å². The molecule has 0 aliphatic carbocycles. The number of aromatic nitrogens is 2. The number of aryl methyl sites for hydroxylation is 2. The summed E-state index contributed by atoms with van der Waals surface area (Å²) in [7, 11) is 0. The van der Waals surface area contributed by atoms with Gasteiger partial charge in [-0.3, -0.25) is 14.4 Å². The Labute approximate surface area is 168 Å². The lowest BCUT2D eigenvalue weighted by molar-refractivity contribution is -0.117. The average Bonchev–Trinajstić information content (AvgIpc) is 2.69. The van der Waals surface area contributed by atoms with Crippen molar-refractivity contribution in [3.63, 3.8) is 0 Å². The summed E-state index contributed by atoms with van der Waals surface area (Å²) in [5.74, 6) is -0.859. The molecule has 7 nitrogen and oxygen atoms in total. The molecule has 2 aromatic carbocycles. The molecule has 0 aliphatic heterocycles. The fourth-order valence-electron chi connectivity index (χ4n) is 2.73. The van der Waals surface area contributed by atoms with Crippen LogP contribution in [0.15, 0.2) is 59.4 Å². The van der Waals surface area contributed by atoms with Crippen LogP contribution < -0.4 is 16.2 Å². The molecule has 1 aromatic heterocycles. The van der Waals surface area contributed by atoms with E-state index in [1.807, 2.05) is 45.0 Å². The van der Waals surface area contributed by atoms with Crippen molar-refractivity contribution >= 4 is 23.2 Å². The van der Waals surface area contributed by atoms with Gasteiger partial charge in [0.25, 0.3) is 11.5 Å².